The third kappa shape index (κ3) is 4.82. The fraction of sp³-hybridized carbons (Fsp3) is 0.636. The first-order valence-corrected chi connectivity index (χ1v) is 5.77. The number of nitrogens with zero attached hydrogens (tertiary/aromatic N) is 2. The molecule has 0 aliphatic heterocycles. The van der Waals surface area contributed by atoms with Gasteiger partial charge in [0.1, 0.15) is 0 Å². The molecule has 0 aliphatic rings. The van der Waals surface area contributed by atoms with Crippen LogP contribution in [-0.4, -0.2) is 22.2 Å². The molecule has 5 heteroatoms. The highest BCUT2D eigenvalue weighted by Gasteiger charge is 2.00. The van der Waals surface area contributed by atoms with E-state index in [1.807, 2.05) is 0 Å². The molecule has 1 amide bonds. The van der Waals surface area contributed by atoms with Gasteiger partial charge in [-0.3, -0.25) is 9.48 Å². The zero-order valence-electron chi connectivity index (χ0n) is 9.78. The topological polar surface area (TPSA) is 72.9 Å². The molecule has 1 heterocycles. The van der Waals surface area contributed by atoms with Crippen molar-refractivity contribution in [3.05, 3.63) is 12.4 Å². The number of hydrogen-bond donors (Lipinski definition) is 2. The second kappa shape index (κ2) is 6.87. The predicted octanol–water partition coefficient (Wildman–Crippen LogP) is 1.16. The molecule has 0 aliphatic carbocycles. The molecule has 0 fully saturated rings. The molecule has 0 bridgehead atoms. The van der Waals surface area contributed by atoms with Crippen LogP contribution in [-0.2, 0) is 11.3 Å². The first-order chi connectivity index (χ1) is 7.72. The van der Waals surface area contributed by atoms with E-state index < -0.39 is 0 Å². The summed E-state index contributed by atoms with van der Waals surface area (Å²) in [5, 5.41) is 6.89. The van der Waals surface area contributed by atoms with Crippen molar-refractivity contribution < 1.29 is 4.79 Å². The molecule has 3 N–H and O–H groups in total. The van der Waals surface area contributed by atoms with Gasteiger partial charge in [-0.15, -0.1) is 0 Å². The van der Waals surface area contributed by atoms with E-state index in [-0.39, 0.29) is 5.91 Å². The molecular weight excluding hydrogens is 204 g/mol. The SMILES string of the molecule is CCCCCC(=O)NCCn1cc(N)cn1. The second-order valence-electron chi connectivity index (χ2n) is 3.84. The minimum Gasteiger partial charge on any atom is -0.396 e. The van der Waals surface area contributed by atoms with Crippen molar-refractivity contribution >= 4 is 11.6 Å². The smallest absolute Gasteiger partial charge is 0.220 e. The number of carbonyl (C=O) groups excluding carboxylic acids is 1. The van der Waals surface area contributed by atoms with Crippen molar-refractivity contribution in [2.24, 2.45) is 0 Å². The lowest BCUT2D eigenvalue weighted by molar-refractivity contribution is -0.121. The Kier molecular flexibility index (Phi) is 5.39. The number of nitrogen functional groups attached to an aromatic ring is 1. The summed E-state index contributed by atoms with van der Waals surface area (Å²) in [7, 11) is 0. The molecule has 0 atom stereocenters. The van der Waals surface area contributed by atoms with Gasteiger partial charge in [-0.25, -0.2) is 0 Å². The maximum absolute atomic E-state index is 11.3. The quantitative estimate of drug-likeness (QED) is 0.683. The van der Waals surface area contributed by atoms with Crippen molar-refractivity contribution in [3.63, 3.8) is 0 Å². The van der Waals surface area contributed by atoms with Crippen LogP contribution in [0, 0.1) is 0 Å². The molecule has 90 valence electrons. The van der Waals surface area contributed by atoms with E-state index in [9.17, 15) is 4.79 Å². The molecule has 16 heavy (non-hydrogen) atoms. The number of nitrogens with two attached hydrogens (primary N) is 1. The van der Waals surface area contributed by atoms with Gasteiger partial charge in [0.25, 0.3) is 0 Å². The minimum atomic E-state index is 0.119. The van der Waals surface area contributed by atoms with Gasteiger partial charge < -0.3 is 11.1 Å². The van der Waals surface area contributed by atoms with E-state index in [2.05, 4.69) is 17.3 Å². The standard InChI is InChI=1S/C11H20N4O/c1-2-3-4-5-11(16)13-6-7-15-9-10(12)8-14-15/h8-9H,2-7,12H2,1H3,(H,13,16). The van der Waals surface area contributed by atoms with Gasteiger partial charge in [0.15, 0.2) is 0 Å². The van der Waals surface area contributed by atoms with Crippen molar-refractivity contribution in [2.75, 3.05) is 12.3 Å². The third-order valence-electron chi connectivity index (χ3n) is 2.32. The number of carbonyl (C=O) groups is 1. The summed E-state index contributed by atoms with van der Waals surface area (Å²) < 4.78 is 1.72. The Labute approximate surface area is 96.0 Å². The maximum Gasteiger partial charge on any atom is 0.220 e. The van der Waals surface area contributed by atoms with E-state index >= 15 is 0 Å². The Morgan fingerprint density at radius 1 is 1.56 bits per heavy atom. The molecule has 5 nitrogen and oxygen atoms in total. The average molecular weight is 224 g/mol. The van der Waals surface area contributed by atoms with Crippen molar-refractivity contribution in [2.45, 2.75) is 39.2 Å². The molecule has 1 aromatic rings. The van der Waals surface area contributed by atoms with E-state index in [1.54, 1.807) is 17.1 Å². The molecule has 1 aromatic heterocycles. The van der Waals surface area contributed by atoms with Crippen molar-refractivity contribution in [1.82, 2.24) is 15.1 Å². The lowest BCUT2D eigenvalue weighted by Gasteiger charge is -2.04. The van der Waals surface area contributed by atoms with Crippen LogP contribution in [0.1, 0.15) is 32.6 Å². The Hall–Kier alpha value is -1.52. The lowest BCUT2D eigenvalue weighted by Crippen LogP contribution is -2.27. The number of rotatable bonds is 7. The molecule has 1 rings (SSSR count). The van der Waals surface area contributed by atoms with Gasteiger partial charge in [0, 0.05) is 19.2 Å². The minimum absolute atomic E-state index is 0.119. The van der Waals surface area contributed by atoms with Gasteiger partial charge in [0.2, 0.25) is 5.91 Å². The molecule has 0 radical (unpaired) electrons. The van der Waals surface area contributed by atoms with Gasteiger partial charge in [0.05, 0.1) is 18.4 Å². The fourth-order valence-corrected chi connectivity index (χ4v) is 1.44. The number of hydrogen-bond acceptors (Lipinski definition) is 3. The monoisotopic (exact) mass is 224 g/mol. The van der Waals surface area contributed by atoms with E-state index in [1.165, 1.54) is 0 Å². The number of nitrogens with one attached hydrogen (secondary N) is 1. The zero-order chi connectivity index (χ0) is 11.8. The largest absolute Gasteiger partial charge is 0.396 e. The molecule has 0 aromatic carbocycles. The van der Waals surface area contributed by atoms with Gasteiger partial charge in [-0.2, -0.15) is 5.10 Å². The highest BCUT2D eigenvalue weighted by Crippen LogP contribution is 1.99. The van der Waals surface area contributed by atoms with Crippen molar-refractivity contribution in [1.29, 1.82) is 0 Å². The summed E-state index contributed by atoms with van der Waals surface area (Å²) in [5.74, 6) is 0.119. The highest BCUT2D eigenvalue weighted by atomic mass is 16.1. The molecule has 0 saturated carbocycles. The van der Waals surface area contributed by atoms with Crippen LogP contribution < -0.4 is 11.1 Å². The first kappa shape index (κ1) is 12.5. The van der Waals surface area contributed by atoms with E-state index in [0.29, 0.717) is 25.2 Å². The Bertz CT molecular complexity index is 322. The Morgan fingerprint density at radius 3 is 3.00 bits per heavy atom. The number of aromatic nitrogens is 2. The maximum atomic E-state index is 11.3. The molecular formula is C11H20N4O. The molecule has 0 unspecified atom stereocenters. The third-order valence-corrected chi connectivity index (χ3v) is 2.32. The van der Waals surface area contributed by atoms with Crippen LogP contribution in [0.2, 0.25) is 0 Å². The van der Waals surface area contributed by atoms with Crippen LogP contribution >= 0.6 is 0 Å². The zero-order valence-corrected chi connectivity index (χ0v) is 9.78. The summed E-state index contributed by atoms with van der Waals surface area (Å²) in [4.78, 5) is 11.3. The summed E-state index contributed by atoms with van der Waals surface area (Å²) in [6, 6.07) is 0. The number of anilines is 1. The summed E-state index contributed by atoms with van der Waals surface area (Å²) in [5.41, 5.74) is 6.17. The predicted molar refractivity (Wildman–Crippen MR) is 63.8 cm³/mol. The van der Waals surface area contributed by atoms with Crippen LogP contribution in [0.15, 0.2) is 12.4 Å². The van der Waals surface area contributed by atoms with E-state index in [4.69, 9.17) is 5.73 Å². The Balaban J connectivity index is 2.08. The van der Waals surface area contributed by atoms with Crippen molar-refractivity contribution in [3.8, 4) is 0 Å². The lowest BCUT2D eigenvalue weighted by atomic mass is 10.2. The van der Waals surface area contributed by atoms with Gasteiger partial charge in [-0.1, -0.05) is 19.8 Å². The average Bonchev–Trinajstić information content (AvgIpc) is 2.65. The van der Waals surface area contributed by atoms with Gasteiger partial charge in [-0.05, 0) is 6.42 Å². The van der Waals surface area contributed by atoms with E-state index in [0.717, 1.165) is 19.3 Å². The number of unbranched alkanes of at least 4 members (excludes halogenated alkanes) is 2. The molecule has 0 spiro atoms. The van der Waals surface area contributed by atoms with Crippen LogP contribution in [0.3, 0.4) is 0 Å². The summed E-state index contributed by atoms with van der Waals surface area (Å²) >= 11 is 0. The van der Waals surface area contributed by atoms with Crippen LogP contribution in [0.5, 0.6) is 0 Å². The second-order valence-corrected chi connectivity index (χ2v) is 3.84. The van der Waals surface area contributed by atoms with Crippen LogP contribution in [0.25, 0.3) is 0 Å². The first-order valence-electron chi connectivity index (χ1n) is 5.77. The normalized spacial score (nSPS) is 10.3. The molecule has 0 saturated heterocycles. The summed E-state index contributed by atoms with van der Waals surface area (Å²) in [6.07, 6.45) is 7.20. The Morgan fingerprint density at radius 2 is 2.38 bits per heavy atom. The highest BCUT2D eigenvalue weighted by molar-refractivity contribution is 5.75. The fourth-order valence-electron chi connectivity index (χ4n) is 1.44. The van der Waals surface area contributed by atoms with Crippen LogP contribution in [0.4, 0.5) is 5.69 Å². The summed E-state index contributed by atoms with van der Waals surface area (Å²) in [6.45, 7) is 3.39. The number of amides is 1. The van der Waals surface area contributed by atoms with Gasteiger partial charge >= 0.3 is 0 Å².